The van der Waals surface area contributed by atoms with E-state index in [1.807, 2.05) is 0 Å². The zero-order valence-electron chi connectivity index (χ0n) is 39.3. The molecule has 13 aromatic rings. The van der Waals surface area contributed by atoms with Gasteiger partial charge in [-0.2, -0.15) is 0 Å². The van der Waals surface area contributed by atoms with Gasteiger partial charge in [0.15, 0.2) is 0 Å². The second-order valence-electron chi connectivity index (χ2n) is 19.6. The Kier molecular flexibility index (Phi) is 9.15. The molecule has 0 saturated heterocycles. The van der Waals surface area contributed by atoms with Gasteiger partial charge in [-0.25, -0.2) is 4.40 Å². The Morgan fingerprint density at radius 3 is 1.17 bits per heavy atom. The summed E-state index contributed by atoms with van der Waals surface area (Å²) < 4.78 is 16.6. The van der Waals surface area contributed by atoms with E-state index in [-0.39, 0.29) is 5.41 Å². The minimum atomic E-state index is -0.105. The molecule has 0 unspecified atom stereocenters. The van der Waals surface area contributed by atoms with Gasteiger partial charge in [0.2, 0.25) is 11.4 Å². The van der Waals surface area contributed by atoms with Crippen LogP contribution in [-0.4, -0.2) is 4.40 Å². The zero-order valence-corrected chi connectivity index (χ0v) is 39.3. The summed E-state index contributed by atoms with van der Waals surface area (Å²) in [5.41, 5.74) is 18.9. The fourth-order valence-electron chi connectivity index (χ4n) is 10.6. The summed E-state index contributed by atoms with van der Waals surface area (Å²) in [6.07, 6.45) is 0. The van der Waals surface area contributed by atoms with Crippen molar-refractivity contribution in [2.75, 3.05) is 9.80 Å². The lowest BCUT2D eigenvalue weighted by molar-refractivity contribution is 0.592. The number of benzene rings is 9. The molecule has 0 N–H and O–H groups in total. The van der Waals surface area contributed by atoms with E-state index in [0.29, 0.717) is 0 Å². The number of nitrogens with zero attached hydrogens (tertiary/aromatic N) is 3. The average Bonchev–Trinajstić information content (AvgIpc) is 4.10. The number of rotatable bonds is 8. The van der Waals surface area contributed by atoms with E-state index in [2.05, 4.69) is 255 Å². The number of hydrogen-bond donors (Lipinski definition) is 0. The molecular weight excluding hydrogens is 843 g/mol. The van der Waals surface area contributed by atoms with Crippen LogP contribution < -0.4 is 9.80 Å². The smallest absolute Gasteiger partial charge is 0.216 e. The van der Waals surface area contributed by atoms with Gasteiger partial charge in [0.25, 0.3) is 0 Å². The summed E-state index contributed by atoms with van der Waals surface area (Å²) in [4.78, 5) is 4.66. The number of fused-ring (bicyclic) bond motifs is 10. The molecule has 0 aliphatic carbocycles. The third-order valence-electron chi connectivity index (χ3n) is 13.9. The quantitative estimate of drug-likeness (QED) is 0.152. The Labute approximate surface area is 401 Å². The van der Waals surface area contributed by atoms with Gasteiger partial charge in [0.05, 0.1) is 16.3 Å². The topological polar surface area (TPSA) is 37.2 Å². The lowest BCUT2D eigenvalue weighted by Crippen LogP contribution is -2.10. The van der Waals surface area contributed by atoms with Crippen LogP contribution in [0.2, 0.25) is 0 Å². The predicted octanol–water partition coefficient (Wildman–Crippen LogP) is 18.5. The third-order valence-corrected chi connectivity index (χ3v) is 13.9. The Hall–Kier alpha value is -8.54. The Balaban J connectivity index is 1.01. The molecule has 9 aromatic carbocycles. The van der Waals surface area contributed by atoms with Gasteiger partial charge in [0.1, 0.15) is 11.2 Å². The van der Waals surface area contributed by atoms with Crippen molar-refractivity contribution in [1.29, 1.82) is 0 Å². The molecule has 0 bridgehead atoms. The number of aromatic nitrogens is 1. The number of aryl methyl sites for hydroxylation is 2. The monoisotopic (exact) mass is 891 g/mol. The second-order valence-corrected chi connectivity index (χ2v) is 19.6. The van der Waals surface area contributed by atoms with Gasteiger partial charge in [-0.15, -0.1) is 0 Å². The summed E-state index contributed by atoms with van der Waals surface area (Å²) in [5.74, 6) is 0. The largest absolute Gasteiger partial charge is 0.439 e. The molecule has 0 fully saturated rings. The lowest BCUT2D eigenvalue weighted by Gasteiger charge is -2.26. The lowest BCUT2D eigenvalue weighted by atomic mass is 9.85. The molecule has 0 amide bonds. The zero-order chi connectivity index (χ0) is 46.5. The van der Waals surface area contributed by atoms with Crippen LogP contribution in [0.5, 0.6) is 0 Å². The fourth-order valence-corrected chi connectivity index (χ4v) is 10.6. The molecule has 0 aliphatic heterocycles. The fraction of sp³-hybridized carbons (Fsp3) is 0.0938. The minimum absolute atomic E-state index is 0.105. The first-order valence-electron chi connectivity index (χ1n) is 23.8. The molecule has 5 heteroatoms. The van der Waals surface area contributed by atoms with Crippen LogP contribution in [0.1, 0.15) is 37.5 Å². The highest BCUT2D eigenvalue weighted by atomic mass is 16.4. The standard InChI is InChI=1S/C64H49N3O2/c1-40-16-12-24-47(32-40)65(49-26-14-22-44(34-49)42-18-8-6-9-19-42)51-28-30-53-57(38-51)68-62-59(53)55-36-46(64(3,4)5)37-56-60-54-31-29-52(39-58(54)69-63(60)67(62)61(55)56)66(48-25-13-17-41(2)33-48)50-27-15-23-45(35-50)43-20-10-7-11-21-43/h6-39H,1-5H3. The van der Waals surface area contributed by atoms with Crippen molar-refractivity contribution in [2.45, 2.75) is 40.0 Å². The van der Waals surface area contributed by atoms with E-state index in [1.165, 1.54) is 38.6 Å². The summed E-state index contributed by atoms with van der Waals surface area (Å²) in [7, 11) is 0. The Morgan fingerprint density at radius 1 is 0.362 bits per heavy atom. The normalized spacial score (nSPS) is 12.1. The van der Waals surface area contributed by atoms with Crippen molar-refractivity contribution in [3.05, 3.63) is 223 Å². The van der Waals surface area contributed by atoms with Crippen molar-refractivity contribution in [3.63, 3.8) is 0 Å². The van der Waals surface area contributed by atoms with Crippen LogP contribution in [-0.2, 0) is 5.41 Å². The first-order valence-corrected chi connectivity index (χ1v) is 23.8. The molecule has 69 heavy (non-hydrogen) atoms. The molecule has 5 nitrogen and oxygen atoms in total. The van der Waals surface area contributed by atoms with E-state index in [1.54, 1.807) is 0 Å². The maximum Gasteiger partial charge on any atom is 0.216 e. The van der Waals surface area contributed by atoms with Crippen LogP contribution in [0, 0.1) is 13.8 Å². The minimum Gasteiger partial charge on any atom is -0.439 e. The van der Waals surface area contributed by atoms with Gasteiger partial charge in [0, 0.05) is 67.8 Å². The highest BCUT2D eigenvalue weighted by molar-refractivity contribution is 6.31. The first-order chi connectivity index (χ1) is 33.6. The van der Waals surface area contributed by atoms with Crippen LogP contribution in [0.25, 0.3) is 82.7 Å². The molecule has 0 aliphatic rings. The van der Waals surface area contributed by atoms with Gasteiger partial charge < -0.3 is 18.6 Å². The van der Waals surface area contributed by atoms with Crippen LogP contribution in [0.4, 0.5) is 34.1 Å². The molecule has 4 heterocycles. The molecule has 13 rings (SSSR count). The summed E-state index contributed by atoms with van der Waals surface area (Å²) in [6.45, 7) is 11.2. The third kappa shape index (κ3) is 6.68. The van der Waals surface area contributed by atoms with Crippen LogP contribution in [0.15, 0.2) is 215 Å². The summed E-state index contributed by atoms with van der Waals surface area (Å²) in [5, 5.41) is 6.69. The summed E-state index contributed by atoms with van der Waals surface area (Å²) in [6, 6.07) is 74.3. The van der Waals surface area contributed by atoms with E-state index in [0.717, 1.165) is 94.9 Å². The van der Waals surface area contributed by atoms with Crippen molar-refractivity contribution in [3.8, 4) is 22.3 Å². The maximum absolute atomic E-state index is 7.16. The molecule has 0 saturated carbocycles. The maximum atomic E-state index is 7.16. The van der Waals surface area contributed by atoms with E-state index in [4.69, 9.17) is 8.83 Å². The van der Waals surface area contributed by atoms with E-state index >= 15 is 0 Å². The van der Waals surface area contributed by atoms with Gasteiger partial charge in [-0.05, 0) is 143 Å². The SMILES string of the molecule is Cc1cccc(N(c2cccc(-c3ccccc3)c2)c2ccc3c(c2)oc2c3c3cc(C(C)(C)C)cc4c5c6ccc(N(c7cccc(C)c7)c7cccc(-c8ccccc8)c7)cc6oc5n2c34)c1. The predicted molar refractivity (Wildman–Crippen MR) is 289 cm³/mol. The Morgan fingerprint density at radius 2 is 0.754 bits per heavy atom. The number of anilines is 6. The molecule has 0 atom stereocenters. The molecule has 0 spiro atoms. The average molecular weight is 892 g/mol. The number of hydrogen-bond acceptors (Lipinski definition) is 4. The van der Waals surface area contributed by atoms with E-state index in [9.17, 15) is 0 Å². The van der Waals surface area contributed by atoms with Crippen LogP contribution >= 0.6 is 0 Å². The van der Waals surface area contributed by atoms with Crippen LogP contribution in [0.3, 0.4) is 0 Å². The highest BCUT2D eigenvalue weighted by Crippen LogP contribution is 2.50. The molecule has 0 radical (unpaired) electrons. The van der Waals surface area contributed by atoms with Crippen molar-refractivity contribution < 1.29 is 8.83 Å². The van der Waals surface area contributed by atoms with Crippen molar-refractivity contribution in [1.82, 2.24) is 4.40 Å². The van der Waals surface area contributed by atoms with Gasteiger partial charge in [-0.1, -0.05) is 130 Å². The molecule has 332 valence electrons. The van der Waals surface area contributed by atoms with Gasteiger partial charge >= 0.3 is 0 Å². The molecular formula is C64H49N3O2. The number of furan rings is 2. The second kappa shape index (κ2) is 15.5. The highest BCUT2D eigenvalue weighted by Gasteiger charge is 2.29. The van der Waals surface area contributed by atoms with Crippen molar-refractivity contribution in [2.24, 2.45) is 0 Å². The van der Waals surface area contributed by atoms with Gasteiger partial charge in [-0.3, -0.25) is 0 Å². The summed E-state index contributed by atoms with van der Waals surface area (Å²) >= 11 is 0. The first kappa shape index (κ1) is 40.7. The molecule has 4 aromatic heterocycles. The van der Waals surface area contributed by atoms with Crippen molar-refractivity contribution >= 4 is 94.6 Å². The van der Waals surface area contributed by atoms with E-state index < -0.39 is 0 Å². The Bertz CT molecular complexity index is 3840.